The van der Waals surface area contributed by atoms with Gasteiger partial charge in [-0.15, -0.1) is 0 Å². The third-order valence-electron chi connectivity index (χ3n) is 2.75. The Bertz CT molecular complexity index is 611. The van der Waals surface area contributed by atoms with Crippen LogP contribution in [0, 0.1) is 6.92 Å². The van der Waals surface area contributed by atoms with Crippen LogP contribution in [0.1, 0.15) is 32.3 Å². The van der Waals surface area contributed by atoms with Gasteiger partial charge in [-0.05, 0) is 44.9 Å². The van der Waals surface area contributed by atoms with Gasteiger partial charge in [-0.3, -0.25) is 4.79 Å². The number of hydrogen-bond acceptors (Lipinski definition) is 3. The fourth-order valence-corrected chi connectivity index (χ4v) is 3.73. The number of aryl methyl sites for hydroxylation is 1. The van der Waals surface area contributed by atoms with Gasteiger partial charge in [0.05, 0.1) is 5.02 Å². The van der Waals surface area contributed by atoms with Crippen molar-refractivity contribution in [3.8, 4) is 0 Å². The standard InChI is InChI=1S/C13H18ClNO4S/c1-9-4-5-10(14)11(8-9)20(18,19)15-13(2,3)7-6-12(16)17/h4-5,8,15H,6-7H2,1-3H3,(H,16,17). The molecule has 5 nitrogen and oxygen atoms in total. The van der Waals surface area contributed by atoms with E-state index in [1.807, 2.05) is 0 Å². The van der Waals surface area contributed by atoms with E-state index in [2.05, 4.69) is 4.72 Å². The zero-order valence-corrected chi connectivity index (χ0v) is 13.2. The molecule has 2 N–H and O–H groups in total. The molecule has 0 heterocycles. The van der Waals surface area contributed by atoms with Crippen molar-refractivity contribution < 1.29 is 18.3 Å². The molecule has 0 radical (unpaired) electrons. The van der Waals surface area contributed by atoms with E-state index in [4.69, 9.17) is 16.7 Å². The third kappa shape index (κ3) is 4.77. The summed E-state index contributed by atoms with van der Waals surface area (Å²) >= 11 is 5.92. The van der Waals surface area contributed by atoms with E-state index in [0.29, 0.717) is 0 Å². The summed E-state index contributed by atoms with van der Waals surface area (Å²) in [5.41, 5.74) is -0.0947. The second kappa shape index (κ2) is 6.11. The maximum absolute atomic E-state index is 12.3. The van der Waals surface area contributed by atoms with Gasteiger partial charge in [0, 0.05) is 12.0 Å². The summed E-state index contributed by atoms with van der Waals surface area (Å²) in [5, 5.41) is 8.81. The molecule has 0 spiro atoms. The van der Waals surface area contributed by atoms with Crippen LogP contribution in [0.25, 0.3) is 0 Å². The molecule has 0 atom stereocenters. The predicted molar refractivity (Wildman–Crippen MR) is 77.5 cm³/mol. The molecule has 1 aromatic carbocycles. The van der Waals surface area contributed by atoms with Crippen molar-refractivity contribution in [1.82, 2.24) is 4.72 Å². The van der Waals surface area contributed by atoms with E-state index in [0.717, 1.165) is 5.56 Å². The molecule has 1 aromatic rings. The zero-order valence-electron chi connectivity index (χ0n) is 11.6. The van der Waals surface area contributed by atoms with Crippen LogP contribution in [0.15, 0.2) is 23.1 Å². The lowest BCUT2D eigenvalue weighted by Gasteiger charge is -2.25. The SMILES string of the molecule is Cc1ccc(Cl)c(S(=O)(=O)NC(C)(C)CCC(=O)O)c1. The lowest BCUT2D eigenvalue weighted by Crippen LogP contribution is -2.43. The number of halogens is 1. The Morgan fingerprint density at radius 2 is 2.00 bits per heavy atom. The molecule has 0 fully saturated rings. The molecule has 0 amide bonds. The van der Waals surface area contributed by atoms with Crippen LogP contribution in [0.2, 0.25) is 5.02 Å². The highest BCUT2D eigenvalue weighted by molar-refractivity contribution is 7.89. The largest absolute Gasteiger partial charge is 0.481 e. The summed E-state index contributed by atoms with van der Waals surface area (Å²) < 4.78 is 27.1. The van der Waals surface area contributed by atoms with Crippen LogP contribution < -0.4 is 4.72 Å². The van der Waals surface area contributed by atoms with Gasteiger partial charge < -0.3 is 5.11 Å². The Hall–Kier alpha value is -1.11. The van der Waals surface area contributed by atoms with Gasteiger partial charge in [0.2, 0.25) is 10.0 Å². The molecule has 20 heavy (non-hydrogen) atoms. The van der Waals surface area contributed by atoms with Crippen molar-refractivity contribution in [3.63, 3.8) is 0 Å². The molecule has 0 aliphatic carbocycles. The molecule has 0 aliphatic heterocycles. The predicted octanol–water partition coefficient (Wildman–Crippen LogP) is 2.57. The maximum Gasteiger partial charge on any atom is 0.303 e. The van der Waals surface area contributed by atoms with Crippen molar-refractivity contribution in [3.05, 3.63) is 28.8 Å². The minimum atomic E-state index is -3.79. The number of carboxylic acid groups (broad SMARTS) is 1. The third-order valence-corrected chi connectivity index (χ3v) is 4.93. The summed E-state index contributed by atoms with van der Waals surface area (Å²) in [5.74, 6) is -0.967. The number of carboxylic acids is 1. The Morgan fingerprint density at radius 3 is 2.55 bits per heavy atom. The fraction of sp³-hybridized carbons (Fsp3) is 0.462. The Morgan fingerprint density at radius 1 is 1.40 bits per heavy atom. The normalized spacial score (nSPS) is 12.4. The van der Waals surface area contributed by atoms with Gasteiger partial charge in [-0.2, -0.15) is 0 Å². The van der Waals surface area contributed by atoms with Gasteiger partial charge in [-0.1, -0.05) is 17.7 Å². The Labute approximate surface area is 124 Å². The number of rotatable bonds is 6. The highest BCUT2D eigenvalue weighted by Crippen LogP contribution is 2.24. The first kappa shape index (κ1) is 16.9. The van der Waals surface area contributed by atoms with Crippen LogP contribution in [0.5, 0.6) is 0 Å². The number of carbonyl (C=O) groups is 1. The topological polar surface area (TPSA) is 83.5 Å². The Balaban J connectivity index is 3.00. The van der Waals surface area contributed by atoms with E-state index in [9.17, 15) is 13.2 Å². The first-order valence-electron chi connectivity index (χ1n) is 6.05. The highest BCUT2D eigenvalue weighted by atomic mass is 35.5. The highest BCUT2D eigenvalue weighted by Gasteiger charge is 2.28. The lowest BCUT2D eigenvalue weighted by atomic mass is 10.0. The van der Waals surface area contributed by atoms with Crippen molar-refractivity contribution in [2.24, 2.45) is 0 Å². The molecule has 1 rings (SSSR count). The Kier molecular flexibility index (Phi) is 5.18. The average Bonchev–Trinajstić information content (AvgIpc) is 2.28. The summed E-state index contributed by atoms with van der Waals surface area (Å²) in [6, 6.07) is 4.73. The summed E-state index contributed by atoms with van der Waals surface area (Å²) in [6.07, 6.45) is 0.0715. The van der Waals surface area contributed by atoms with Crippen molar-refractivity contribution >= 4 is 27.6 Å². The first-order chi connectivity index (χ1) is 9.03. The van der Waals surface area contributed by atoms with E-state index < -0.39 is 21.5 Å². The smallest absolute Gasteiger partial charge is 0.303 e. The first-order valence-corrected chi connectivity index (χ1v) is 7.91. The van der Waals surface area contributed by atoms with Crippen molar-refractivity contribution in [2.75, 3.05) is 0 Å². The molecular weight excluding hydrogens is 302 g/mol. The van der Waals surface area contributed by atoms with Crippen LogP contribution in [-0.2, 0) is 14.8 Å². The van der Waals surface area contributed by atoms with Crippen LogP contribution in [-0.4, -0.2) is 25.0 Å². The molecule has 0 saturated heterocycles. The molecule has 0 aromatic heterocycles. The summed E-state index contributed by atoms with van der Waals surface area (Å²) in [7, 11) is -3.79. The van der Waals surface area contributed by atoms with Crippen LogP contribution in [0.4, 0.5) is 0 Å². The number of aliphatic carboxylic acids is 1. The van der Waals surface area contributed by atoms with Crippen LogP contribution >= 0.6 is 11.6 Å². The maximum atomic E-state index is 12.3. The number of sulfonamides is 1. The van der Waals surface area contributed by atoms with Gasteiger partial charge in [0.25, 0.3) is 0 Å². The molecule has 0 unspecified atom stereocenters. The summed E-state index contributed by atoms with van der Waals surface area (Å²) in [4.78, 5) is 10.6. The number of hydrogen-bond donors (Lipinski definition) is 2. The van der Waals surface area contributed by atoms with Crippen molar-refractivity contribution in [2.45, 2.75) is 44.0 Å². The fourth-order valence-electron chi connectivity index (χ4n) is 1.71. The second-order valence-corrected chi connectivity index (χ2v) is 7.38. The molecule has 0 bridgehead atoms. The molecular formula is C13H18ClNO4S. The molecule has 0 saturated carbocycles. The van der Waals surface area contributed by atoms with Gasteiger partial charge in [0.15, 0.2) is 0 Å². The summed E-state index contributed by atoms with van der Waals surface area (Å²) in [6.45, 7) is 5.04. The number of benzene rings is 1. The molecule has 7 heteroatoms. The minimum Gasteiger partial charge on any atom is -0.481 e. The zero-order chi connectivity index (χ0) is 15.6. The lowest BCUT2D eigenvalue weighted by molar-refractivity contribution is -0.137. The minimum absolute atomic E-state index is 0.00238. The van der Waals surface area contributed by atoms with Gasteiger partial charge >= 0.3 is 5.97 Å². The van der Waals surface area contributed by atoms with Crippen LogP contribution in [0.3, 0.4) is 0 Å². The van der Waals surface area contributed by atoms with E-state index >= 15 is 0 Å². The van der Waals surface area contributed by atoms with E-state index in [1.54, 1.807) is 26.8 Å². The van der Waals surface area contributed by atoms with Crippen molar-refractivity contribution in [1.29, 1.82) is 0 Å². The quantitative estimate of drug-likeness (QED) is 0.844. The van der Waals surface area contributed by atoms with Gasteiger partial charge in [-0.25, -0.2) is 13.1 Å². The monoisotopic (exact) mass is 319 g/mol. The van der Waals surface area contributed by atoms with E-state index in [-0.39, 0.29) is 22.8 Å². The van der Waals surface area contributed by atoms with E-state index in [1.165, 1.54) is 12.1 Å². The molecule has 0 aliphatic rings. The molecule has 112 valence electrons. The number of nitrogens with one attached hydrogen (secondary N) is 1. The average molecular weight is 320 g/mol. The second-order valence-electron chi connectivity index (χ2n) is 5.32. The van der Waals surface area contributed by atoms with Gasteiger partial charge in [0.1, 0.15) is 4.90 Å².